The molecule has 0 aliphatic heterocycles. The Morgan fingerprint density at radius 1 is 1.32 bits per heavy atom. The number of hydrogen-bond donors (Lipinski definition) is 0. The number of benzene rings is 1. The molecule has 0 amide bonds. The number of esters is 1. The zero-order valence-corrected chi connectivity index (χ0v) is 13.6. The lowest BCUT2D eigenvalue weighted by atomic mass is 9.65. The summed E-state index contributed by atoms with van der Waals surface area (Å²) in [5, 5.41) is 0. The summed E-state index contributed by atoms with van der Waals surface area (Å²) in [6, 6.07) is 7.77. The second-order valence-corrected chi connectivity index (χ2v) is 6.42. The molecule has 1 aliphatic carbocycles. The minimum absolute atomic E-state index is 0.141. The summed E-state index contributed by atoms with van der Waals surface area (Å²) >= 11 is 0. The van der Waals surface area contributed by atoms with E-state index in [2.05, 4.69) is 24.7 Å². The van der Waals surface area contributed by atoms with Crippen LogP contribution in [0.2, 0.25) is 0 Å². The highest BCUT2D eigenvalue weighted by molar-refractivity contribution is 5.99. The molecule has 1 aromatic rings. The van der Waals surface area contributed by atoms with E-state index < -0.39 is 0 Å². The molecule has 0 N–H and O–H groups in total. The number of allylic oxidation sites excluding steroid dienone is 3. The van der Waals surface area contributed by atoms with E-state index in [1.165, 1.54) is 13.2 Å². The summed E-state index contributed by atoms with van der Waals surface area (Å²) in [5.41, 5.74) is 2.56. The molecule has 0 radical (unpaired) electrons. The number of ether oxygens (including phenoxy) is 1. The first-order valence-electron chi connectivity index (χ1n) is 7.42. The van der Waals surface area contributed by atoms with Gasteiger partial charge >= 0.3 is 5.97 Å². The summed E-state index contributed by atoms with van der Waals surface area (Å²) in [4.78, 5) is 23.5. The zero-order chi connectivity index (χ0) is 16.3. The molecule has 0 heterocycles. The molecule has 3 heteroatoms. The molecule has 1 atom stereocenters. The Hall–Kier alpha value is -2.16. The number of ketones is 1. The maximum absolute atomic E-state index is 12.3. The van der Waals surface area contributed by atoms with E-state index in [0.717, 1.165) is 16.7 Å². The molecule has 0 aromatic heterocycles. The van der Waals surface area contributed by atoms with Gasteiger partial charge in [0, 0.05) is 24.0 Å². The highest BCUT2D eigenvalue weighted by Crippen LogP contribution is 2.45. The minimum atomic E-state index is -0.361. The number of Topliss-reactive ketones (excluding diaryl/α,β-unsaturated/α-hetero) is 1. The summed E-state index contributed by atoms with van der Waals surface area (Å²) in [5.74, 6) is -0.0184. The van der Waals surface area contributed by atoms with Crippen molar-refractivity contribution in [3.8, 4) is 0 Å². The fourth-order valence-electron chi connectivity index (χ4n) is 2.97. The molecule has 0 bridgehead atoms. The summed E-state index contributed by atoms with van der Waals surface area (Å²) in [7, 11) is 1.36. The smallest absolute Gasteiger partial charge is 0.330 e. The van der Waals surface area contributed by atoms with Crippen molar-refractivity contribution in [3.63, 3.8) is 0 Å². The van der Waals surface area contributed by atoms with Crippen LogP contribution in [0.3, 0.4) is 0 Å². The van der Waals surface area contributed by atoms with Crippen LogP contribution >= 0.6 is 0 Å². The predicted octanol–water partition coefficient (Wildman–Crippen LogP) is 4.06. The monoisotopic (exact) mass is 298 g/mol. The molecule has 22 heavy (non-hydrogen) atoms. The van der Waals surface area contributed by atoms with Gasteiger partial charge in [-0.05, 0) is 23.5 Å². The number of hydrogen-bond acceptors (Lipinski definition) is 3. The Morgan fingerprint density at radius 3 is 2.68 bits per heavy atom. The lowest BCUT2D eigenvalue weighted by Gasteiger charge is -2.37. The zero-order valence-electron chi connectivity index (χ0n) is 13.6. The maximum atomic E-state index is 12.3. The van der Waals surface area contributed by atoms with Crippen LogP contribution < -0.4 is 0 Å². The van der Waals surface area contributed by atoms with Crippen LogP contribution in [0.1, 0.15) is 49.0 Å². The first-order chi connectivity index (χ1) is 10.3. The molecule has 2 rings (SSSR count). The Kier molecular flexibility index (Phi) is 4.65. The van der Waals surface area contributed by atoms with E-state index in [-0.39, 0.29) is 23.1 Å². The number of fused-ring (bicyclic) bond motifs is 1. The molecular weight excluding hydrogens is 276 g/mol. The van der Waals surface area contributed by atoms with Gasteiger partial charge in [-0.1, -0.05) is 50.3 Å². The summed E-state index contributed by atoms with van der Waals surface area (Å²) < 4.78 is 4.63. The van der Waals surface area contributed by atoms with E-state index in [1.807, 2.05) is 37.3 Å². The lowest BCUT2D eigenvalue weighted by molar-refractivity contribution is -0.134. The van der Waals surface area contributed by atoms with Crippen LogP contribution in [-0.2, 0) is 9.53 Å². The van der Waals surface area contributed by atoms with Gasteiger partial charge in [0.1, 0.15) is 0 Å². The van der Waals surface area contributed by atoms with Crippen molar-refractivity contribution < 1.29 is 14.3 Å². The Bertz CT molecular complexity index is 650. The van der Waals surface area contributed by atoms with Crippen LogP contribution in [0.4, 0.5) is 0 Å². The van der Waals surface area contributed by atoms with Gasteiger partial charge in [0.15, 0.2) is 5.78 Å². The molecule has 3 nitrogen and oxygen atoms in total. The molecule has 1 aliphatic rings. The molecular formula is C19H22O3. The first kappa shape index (κ1) is 16.2. The average Bonchev–Trinajstić information content (AvgIpc) is 2.46. The highest BCUT2D eigenvalue weighted by atomic mass is 16.5. The van der Waals surface area contributed by atoms with Crippen molar-refractivity contribution in [3.05, 3.63) is 59.2 Å². The second kappa shape index (κ2) is 6.30. The minimum Gasteiger partial charge on any atom is -0.466 e. The van der Waals surface area contributed by atoms with Gasteiger partial charge in [-0.2, -0.15) is 0 Å². The van der Waals surface area contributed by atoms with Crippen LogP contribution in [0, 0.1) is 5.41 Å². The Morgan fingerprint density at radius 2 is 2.00 bits per heavy atom. The second-order valence-electron chi connectivity index (χ2n) is 6.42. The summed E-state index contributed by atoms with van der Waals surface area (Å²) in [6.45, 7) is 6.07. The molecule has 0 unspecified atom stereocenters. The van der Waals surface area contributed by atoms with Gasteiger partial charge in [0.2, 0.25) is 0 Å². The lowest BCUT2D eigenvalue weighted by Crippen LogP contribution is -2.31. The summed E-state index contributed by atoms with van der Waals surface area (Å²) in [6.07, 6.45) is 6.00. The van der Waals surface area contributed by atoms with E-state index in [0.29, 0.717) is 6.42 Å². The molecule has 116 valence electrons. The highest BCUT2D eigenvalue weighted by Gasteiger charge is 2.38. The van der Waals surface area contributed by atoms with Crippen molar-refractivity contribution in [2.75, 3.05) is 7.11 Å². The third-order valence-electron chi connectivity index (χ3n) is 4.15. The predicted molar refractivity (Wildman–Crippen MR) is 86.8 cm³/mol. The molecule has 0 saturated heterocycles. The van der Waals surface area contributed by atoms with Gasteiger partial charge in [-0.15, -0.1) is 0 Å². The van der Waals surface area contributed by atoms with Crippen LogP contribution in [0.15, 0.2) is 48.1 Å². The third-order valence-corrected chi connectivity index (χ3v) is 4.15. The van der Waals surface area contributed by atoms with Crippen molar-refractivity contribution in [2.24, 2.45) is 5.41 Å². The number of rotatable bonds is 3. The Labute approximate surface area is 131 Å². The fraction of sp³-hybridized carbons (Fsp3) is 0.368. The topological polar surface area (TPSA) is 43.4 Å². The van der Waals surface area contributed by atoms with Gasteiger partial charge in [0.05, 0.1) is 7.11 Å². The first-order valence-corrected chi connectivity index (χ1v) is 7.42. The van der Waals surface area contributed by atoms with Gasteiger partial charge < -0.3 is 4.74 Å². The van der Waals surface area contributed by atoms with E-state index in [9.17, 15) is 9.59 Å². The largest absolute Gasteiger partial charge is 0.466 e. The number of carbonyl (C=O) groups excluding carboxylic acids is 2. The molecule has 0 saturated carbocycles. The standard InChI is InChI=1S/C19H22O3/c1-13(11-18(21)22-4)9-10-16-14-7-5-6-8-15(14)17(20)12-19(16,2)3/h5-11,16H,12H2,1-4H3/b10-9+,13-11-/t16-/m0/s1. The Balaban J connectivity index is 2.36. The normalized spacial score (nSPS) is 20.8. The van der Waals surface area contributed by atoms with E-state index in [1.54, 1.807) is 0 Å². The SMILES string of the molecule is COC(=O)/C=C(C)\C=C\[C@H]1c2ccccc2C(=O)CC1(C)C. The van der Waals surface area contributed by atoms with E-state index >= 15 is 0 Å². The van der Waals surface area contributed by atoms with Crippen LogP contribution in [-0.4, -0.2) is 18.9 Å². The van der Waals surface area contributed by atoms with Gasteiger partial charge in [0.25, 0.3) is 0 Å². The molecule has 1 aromatic carbocycles. The molecule has 0 spiro atoms. The van der Waals surface area contributed by atoms with Crippen molar-refractivity contribution in [1.29, 1.82) is 0 Å². The van der Waals surface area contributed by atoms with Crippen molar-refractivity contribution in [1.82, 2.24) is 0 Å². The number of methoxy groups -OCH3 is 1. The fourth-order valence-corrected chi connectivity index (χ4v) is 2.97. The van der Waals surface area contributed by atoms with Gasteiger partial charge in [-0.3, -0.25) is 4.79 Å². The van der Waals surface area contributed by atoms with Gasteiger partial charge in [-0.25, -0.2) is 4.79 Å². The average molecular weight is 298 g/mol. The van der Waals surface area contributed by atoms with Crippen LogP contribution in [0.25, 0.3) is 0 Å². The van der Waals surface area contributed by atoms with Crippen molar-refractivity contribution >= 4 is 11.8 Å². The van der Waals surface area contributed by atoms with Crippen LogP contribution in [0.5, 0.6) is 0 Å². The number of carbonyl (C=O) groups is 2. The third kappa shape index (κ3) is 3.35. The quantitative estimate of drug-likeness (QED) is 0.480. The van der Waals surface area contributed by atoms with E-state index in [4.69, 9.17) is 0 Å². The van der Waals surface area contributed by atoms with Crippen molar-refractivity contribution in [2.45, 2.75) is 33.1 Å². The maximum Gasteiger partial charge on any atom is 0.330 e. The molecule has 0 fully saturated rings.